The molecule has 2 fully saturated rings. The van der Waals surface area contributed by atoms with Crippen molar-refractivity contribution >= 4 is 11.6 Å². The Bertz CT molecular complexity index is 1420. The van der Waals surface area contributed by atoms with Crippen molar-refractivity contribution in [2.75, 3.05) is 19.6 Å². The van der Waals surface area contributed by atoms with Crippen molar-refractivity contribution in [2.45, 2.75) is 50.5 Å². The van der Waals surface area contributed by atoms with Gasteiger partial charge in [-0.2, -0.15) is 0 Å². The van der Waals surface area contributed by atoms with Crippen molar-refractivity contribution in [3.8, 4) is 16.9 Å². The van der Waals surface area contributed by atoms with Crippen LogP contribution in [0.25, 0.3) is 11.1 Å². The molecule has 208 valence electrons. The number of amides is 1. The number of rotatable bonds is 9. The van der Waals surface area contributed by atoms with Gasteiger partial charge in [-0.15, -0.1) is 0 Å². The smallest absolute Gasteiger partial charge is 0.274 e. The molecule has 9 heteroatoms. The van der Waals surface area contributed by atoms with Crippen molar-refractivity contribution in [1.82, 2.24) is 10.2 Å². The first-order chi connectivity index (χ1) is 19.4. The lowest BCUT2D eigenvalue weighted by molar-refractivity contribution is -0.116. The zero-order valence-corrected chi connectivity index (χ0v) is 22.0. The van der Waals surface area contributed by atoms with Gasteiger partial charge in [-0.05, 0) is 85.8 Å². The van der Waals surface area contributed by atoms with Crippen LogP contribution in [0.5, 0.6) is 5.75 Å². The molecule has 3 aliphatic rings. The summed E-state index contributed by atoms with van der Waals surface area (Å²) in [6.07, 6.45) is 2.82. The van der Waals surface area contributed by atoms with Crippen LogP contribution in [0, 0.1) is 11.6 Å². The molecule has 2 N–H and O–H groups in total. The van der Waals surface area contributed by atoms with E-state index >= 15 is 0 Å². The van der Waals surface area contributed by atoms with Crippen molar-refractivity contribution in [3.05, 3.63) is 89.0 Å². The number of likely N-dealkylation sites (tertiary alicyclic amines) is 1. The number of nitrogens with zero attached hydrogens (tertiary/aromatic N) is 2. The molecule has 1 amide bonds. The maximum Gasteiger partial charge on any atom is 0.274 e. The average Bonchev–Trinajstić information content (AvgIpc) is 3.64. The fourth-order valence-corrected chi connectivity index (χ4v) is 5.24. The highest BCUT2D eigenvalue weighted by Crippen LogP contribution is 2.31. The summed E-state index contributed by atoms with van der Waals surface area (Å²) in [4.78, 5) is 21.1. The molecule has 2 unspecified atom stereocenters. The molecule has 3 aromatic rings. The van der Waals surface area contributed by atoms with E-state index in [0.717, 1.165) is 55.5 Å². The predicted octanol–water partition coefficient (Wildman–Crippen LogP) is 4.72. The van der Waals surface area contributed by atoms with E-state index in [1.54, 1.807) is 24.3 Å². The SMILES string of the molecule is O=C(NC(CN1CCCC1)C(O)c1ccc(OC2CC2)c(F)c1)C1=NOCc2cc(-c3ccc(F)cc3)ccc21. The maximum absolute atomic E-state index is 14.8. The number of halogens is 2. The Morgan fingerprint density at radius 3 is 2.52 bits per heavy atom. The Labute approximate surface area is 231 Å². The van der Waals surface area contributed by atoms with Gasteiger partial charge in [0, 0.05) is 17.7 Å². The molecule has 1 aliphatic carbocycles. The maximum atomic E-state index is 14.8. The van der Waals surface area contributed by atoms with Crippen LogP contribution in [0.3, 0.4) is 0 Å². The van der Waals surface area contributed by atoms with Gasteiger partial charge in [0.15, 0.2) is 17.3 Å². The third-order valence-corrected chi connectivity index (χ3v) is 7.60. The second-order valence-electron chi connectivity index (χ2n) is 10.6. The van der Waals surface area contributed by atoms with Crippen LogP contribution in [0.4, 0.5) is 8.78 Å². The third kappa shape index (κ3) is 5.85. The molecule has 2 atom stereocenters. The molecule has 2 heterocycles. The van der Waals surface area contributed by atoms with E-state index in [9.17, 15) is 18.7 Å². The largest absolute Gasteiger partial charge is 0.487 e. The molecule has 0 bridgehead atoms. The number of hydrogen-bond acceptors (Lipinski definition) is 6. The summed E-state index contributed by atoms with van der Waals surface area (Å²) in [5, 5.41) is 18.3. The minimum absolute atomic E-state index is 0.0561. The van der Waals surface area contributed by atoms with Crippen molar-refractivity contribution in [2.24, 2.45) is 5.16 Å². The molecule has 1 saturated heterocycles. The average molecular weight is 548 g/mol. The minimum atomic E-state index is -1.15. The number of hydrogen-bond donors (Lipinski definition) is 2. The summed E-state index contributed by atoms with van der Waals surface area (Å²) < 4.78 is 33.7. The van der Waals surface area contributed by atoms with Gasteiger partial charge in [0.1, 0.15) is 18.5 Å². The van der Waals surface area contributed by atoms with Gasteiger partial charge < -0.3 is 24.9 Å². The van der Waals surface area contributed by atoms with Crippen LogP contribution in [0.2, 0.25) is 0 Å². The van der Waals surface area contributed by atoms with Gasteiger partial charge in [0.2, 0.25) is 0 Å². The van der Waals surface area contributed by atoms with Gasteiger partial charge in [0.05, 0.1) is 12.1 Å². The second kappa shape index (κ2) is 11.3. The molecule has 6 rings (SSSR count). The molecule has 40 heavy (non-hydrogen) atoms. The number of aliphatic hydroxyl groups excluding tert-OH is 1. The molecular formula is C31H31F2N3O4. The third-order valence-electron chi connectivity index (χ3n) is 7.60. The summed E-state index contributed by atoms with van der Waals surface area (Å²) in [6, 6.07) is 15.5. The normalized spacial score (nSPS) is 18.3. The Hall–Kier alpha value is -3.82. The number of oxime groups is 1. The quantitative estimate of drug-likeness (QED) is 0.405. The van der Waals surface area contributed by atoms with E-state index < -0.39 is 23.9 Å². The fraction of sp³-hybridized carbons (Fsp3) is 0.355. The highest BCUT2D eigenvalue weighted by atomic mass is 19.1. The molecule has 0 spiro atoms. The number of ether oxygens (including phenoxy) is 1. The number of benzene rings is 3. The van der Waals surface area contributed by atoms with Crippen LogP contribution >= 0.6 is 0 Å². The van der Waals surface area contributed by atoms with E-state index in [2.05, 4.69) is 15.4 Å². The van der Waals surface area contributed by atoms with E-state index in [0.29, 0.717) is 17.7 Å². The number of nitrogens with one attached hydrogen (secondary N) is 1. The highest BCUT2D eigenvalue weighted by Gasteiger charge is 2.31. The monoisotopic (exact) mass is 547 g/mol. The second-order valence-corrected chi connectivity index (χ2v) is 10.6. The first kappa shape index (κ1) is 26.4. The first-order valence-corrected chi connectivity index (χ1v) is 13.7. The lowest BCUT2D eigenvalue weighted by Gasteiger charge is -2.29. The molecule has 0 radical (unpaired) electrons. The Morgan fingerprint density at radius 2 is 1.80 bits per heavy atom. The van der Waals surface area contributed by atoms with Crippen molar-refractivity contribution in [3.63, 3.8) is 0 Å². The van der Waals surface area contributed by atoms with Crippen LogP contribution in [-0.4, -0.2) is 53.4 Å². The summed E-state index contributed by atoms with van der Waals surface area (Å²) >= 11 is 0. The Morgan fingerprint density at radius 1 is 1.05 bits per heavy atom. The lowest BCUT2D eigenvalue weighted by atomic mass is 9.95. The van der Waals surface area contributed by atoms with Crippen molar-refractivity contribution < 1.29 is 28.3 Å². The number of fused-ring (bicyclic) bond motifs is 1. The van der Waals surface area contributed by atoms with E-state index in [4.69, 9.17) is 9.57 Å². The van der Waals surface area contributed by atoms with Crippen LogP contribution in [0.1, 0.15) is 48.5 Å². The summed E-state index contributed by atoms with van der Waals surface area (Å²) in [6.45, 7) is 2.32. The molecule has 1 saturated carbocycles. The standard InChI is InChI=1S/C31H31F2N3O4/c32-23-7-3-19(4-8-23)20-5-11-25-22(15-20)18-39-35-29(25)31(38)34-27(17-36-13-1-2-14-36)30(37)21-6-12-28(26(33)16-21)40-24-9-10-24/h3-8,11-12,15-16,24,27,30,37H,1-2,9-10,13-14,17-18H2,(H,34,38). The van der Waals surface area contributed by atoms with Gasteiger partial charge in [-0.25, -0.2) is 8.78 Å². The first-order valence-electron chi connectivity index (χ1n) is 13.7. The van der Waals surface area contributed by atoms with Crippen LogP contribution in [0.15, 0.2) is 65.8 Å². The van der Waals surface area contributed by atoms with Crippen molar-refractivity contribution in [1.29, 1.82) is 0 Å². The number of aliphatic hydroxyl groups is 1. The molecule has 3 aromatic carbocycles. The zero-order valence-electron chi connectivity index (χ0n) is 22.0. The van der Waals surface area contributed by atoms with E-state index in [1.807, 2.05) is 12.1 Å². The fourth-order valence-electron chi connectivity index (χ4n) is 5.24. The van der Waals surface area contributed by atoms with Gasteiger partial charge in [-0.1, -0.05) is 35.5 Å². The predicted molar refractivity (Wildman–Crippen MR) is 146 cm³/mol. The number of carbonyl (C=O) groups is 1. The topological polar surface area (TPSA) is 83.4 Å². The Balaban J connectivity index is 1.22. The molecular weight excluding hydrogens is 516 g/mol. The highest BCUT2D eigenvalue weighted by molar-refractivity contribution is 6.45. The van der Waals surface area contributed by atoms with Gasteiger partial charge >= 0.3 is 0 Å². The zero-order chi connectivity index (χ0) is 27.6. The Kier molecular flexibility index (Phi) is 7.49. The molecule has 7 nitrogen and oxygen atoms in total. The molecule has 2 aliphatic heterocycles. The summed E-state index contributed by atoms with van der Waals surface area (Å²) in [5.41, 5.74) is 3.56. The summed E-state index contributed by atoms with van der Waals surface area (Å²) in [7, 11) is 0. The van der Waals surface area contributed by atoms with Gasteiger partial charge in [-0.3, -0.25) is 4.79 Å². The number of carbonyl (C=O) groups excluding carboxylic acids is 1. The van der Waals surface area contributed by atoms with Crippen LogP contribution < -0.4 is 10.1 Å². The summed E-state index contributed by atoms with van der Waals surface area (Å²) in [5.74, 6) is -1.17. The van der Waals surface area contributed by atoms with Crippen LogP contribution in [-0.2, 0) is 16.2 Å². The van der Waals surface area contributed by atoms with Gasteiger partial charge in [0.25, 0.3) is 5.91 Å². The van der Waals surface area contributed by atoms with E-state index in [-0.39, 0.29) is 30.0 Å². The lowest BCUT2D eigenvalue weighted by Crippen LogP contribution is -2.49. The van der Waals surface area contributed by atoms with E-state index in [1.165, 1.54) is 24.3 Å². The minimum Gasteiger partial charge on any atom is -0.487 e. The molecule has 0 aromatic heterocycles.